The van der Waals surface area contributed by atoms with Crippen molar-refractivity contribution in [1.29, 1.82) is 0 Å². The molecule has 6 heteroatoms. The minimum absolute atomic E-state index is 0.570. The van der Waals surface area contributed by atoms with E-state index in [-0.39, 0.29) is 0 Å². The Morgan fingerprint density at radius 2 is 1.90 bits per heavy atom. The summed E-state index contributed by atoms with van der Waals surface area (Å²) in [5, 5.41) is 12.0. The molecule has 0 spiro atoms. The van der Waals surface area contributed by atoms with E-state index in [9.17, 15) is 9.90 Å². The number of carbonyl (C=O) groups is 1. The molecular formula is C15H19BrN2O3. The quantitative estimate of drug-likeness (QED) is 0.812. The van der Waals surface area contributed by atoms with E-state index in [1.165, 1.54) is 0 Å². The predicted molar refractivity (Wildman–Crippen MR) is 83.0 cm³/mol. The molecule has 2 N–H and O–H groups in total. The maximum Gasteiger partial charge on any atom is 0.432 e. The lowest BCUT2D eigenvalue weighted by molar-refractivity contribution is -0.0859. The van der Waals surface area contributed by atoms with Gasteiger partial charge in [-0.05, 0) is 45.9 Å². The normalized spacial score (nSPS) is 21.8. The molecule has 1 aromatic carbocycles. The molecule has 1 amide bonds. The largest absolute Gasteiger partial charge is 0.442 e. The number of nitrogens with zero attached hydrogens (tertiary/aromatic N) is 1. The number of benzene rings is 1. The van der Waals surface area contributed by atoms with Crippen LogP contribution in [0.1, 0.15) is 33.3 Å². The Morgan fingerprint density at radius 3 is 2.43 bits per heavy atom. The number of hydrogen-bond donors (Lipinski definition) is 2. The van der Waals surface area contributed by atoms with Gasteiger partial charge in [0.1, 0.15) is 5.60 Å². The number of aliphatic hydroxyl groups is 1. The molecule has 1 atom stereocenters. The second-order valence-electron chi connectivity index (χ2n) is 5.99. The van der Waals surface area contributed by atoms with Crippen LogP contribution < -0.4 is 5.43 Å². The summed E-state index contributed by atoms with van der Waals surface area (Å²) in [6, 6.07) is 7.11. The Bertz CT molecular complexity index is 578. The maximum absolute atomic E-state index is 12.3. The SMILES string of the molecule is CC1=C[C@@](O)(c2ccc(Br)cc2)N(C(=O)OC(C)(C)C)N1. The molecule has 5 nitrogen and oxygen atoms in total. The molecule has 1 aliphatic heterocycles. The summed E-state index contributed by atoms with van der Waals surface area (Å²) in [5.74, 6) is 0. The highest BCUT2D eigenvalue weighted by atomic mass is 79.9. The zero-order valence-electron chi connectivity index (χ0n) is 12.5. The van der Waals surface area contributed by atoms with Gasteiger partial charge in [0.15, 0.2) is 0 Å². The topological polar surface area (TPSA) is 61.8 Å². The fraction of sp³-hybridized carbons (Fsp3) is 0.400. The van der Waals surface area contributed by atoms with E-state index in [0.717, 1.165) is 9.48 Å². The Morgan fingerprint density at radius 1 is 1.33 bits per heavy atom. The fourth-order valence-corrected chi connectivity index (χ4v) is 2.32. The number of halogens is 1. The van der Waals surface area contributed by atoms with Crippen molar-refractivity contribution in [3.63, 3.8) is 0 Å². The molecule has 0 bridgehead atoms. The van der Waals surface area contributed by atoms with Crippen LogP contribution in [0.5, 0.6) is 0 Å². The average Bonchev–Trinajstić information content (AvgIpc) is 2.64. The van der Waals surface area contributed by atoms with Gasteiger partial charge in [-0.1, -0.05) is 28.1 Å². The number of allylic oxidation sites excluding steroid dienone is 1. The van der Waals surface area contributed by atoms with E-state index >= 15 is 0 Å². The lowest BCUT2D eigenvalue weighted by Gasteiger charge is -2.34. The molecule has 0 aliphatic carbocycles. The zero-order chi connectivity index (χ0) is 15.8. The second kappa shape index (κ2) is 5.35. The standard InChI is InChI=1S/C15H19BrN2O3/c1-10-9-15(20,11-5-7-12(16)8-6-11)18(17-10)13(19)21-14(2,3)4/h5-9,17,20H,1-4H3/t15-/m1/s1. The molecule has 1 aromatic rings. The van der Waals surface area contributed by atoms with Crippen LogP contribution in [-0.4, -0.2) is 21.8 Å². The van der Waals surface area contributed by atoms with Crippen LogP contribution in [0.2, 0.25) is 0 Å². The highest BCUT2D eigenvalue weighted by Crippen LogP contribution is 2.33. The van der Waals surface area contributed by atoms with Crippen molar-refractivity contribution < 1.29 is 14.6 Å². The van der Waals surface area contributed by atoms with Gasteiger partial charge in [-0.3, -0.25) is 5.43 Å². The first-order chi connectivity index (χ1) is 9.62. The Labute approximate surface area is 132 Å². The minimum atomic E-state index is -1.58. The maximum atomic E-state index is 12.3. The molecule has 0 saturated carbocycles. The lowest BCUT2D eigenvalue weighted by Crippen LogP contribution is -2.52. The van der Waals surface area contributed by atoms with Crippen molar-refractivity contribution in [3.05, 3.63) is 46.1 Å². The molecule has 114 valence electrons. The molecule has 0 unspecified atom stereocenters. The average molecular weight is 355 g/mol. The molecule has 0 fully saturated rings. The lowest BCUT2D eigenvalue weighted by atomic mass is 10.0. The van der Waals surface area contributed by atoms with Gasteiger partial charge in [0.25, 0.3) is 0 Å². The summed E-state index contributed by atoms with van der Waals surface area (Å²) in [6.07, 6.45) is 0.946. The molecule has 0 saturated heterocycles. The molecule has 0 radical (unpaired) electrons. The first-order valence-electron chi connectivity index (χ1n) is 6.59. The van der Waals surface area contributed by atoms with Gasteiger partial charge in [0, 0.05) is 15.7 Å². The molecule has 21 heavy (non-hydrogen) atoms. The number of hydrazine groups is 1. The van der Waals surface area contributed by atoms with Crippen LogP contribution in [0.3, 0.4) is 0 Å². The van der Waals surface area contributed by atoms with Crippen molar-refractivity contribution in [3.8, 4) is 0 Å². The van der Waals surface area contributed by atoms with Crippen molar-refractivity contribution in [2.45, 2.75) is 39.0 Å². The molecule has 1 aliphatic rings. The zero-order valence-corrected chi connectivity index (χ0v) is 14.1. The summed E-state index contributed by atoms with van der Waals surface area (Å²) in [6.45, 7) is 7.11. The summed E-state index contributed by atoms with van der Waals surface area (Å²) in [7, 11) is 0. The van der Waals surface area contributed by atoms with Crippen LogP contribution in [0.4, 0.5) is 4.79 Å². The Hall–Kier alpha value is -1.53. The van der Waals surface area contributed by atoms with E-state index in [0.29, 0.717) is 11.3 Å². The smallest absolute Gasteiger partial charge is 0.432 e. The molecule has 2 rings (SSSR count). The summed E-state index contributed by atoms with van der Waals surface area (Å²) < 4.78 is 6.23. The Kier molecular flexibility index (Phi) is 4.04. The summed E-state index contributed by atoms with van der Waals surface area (Å²) in [4.78, 5) is 12.3. The third-order valence-corrected chi connectivity index (χ3v) is 3.42. The van der Waals surface area contributed by atoms with Crippen LogP contribution in [-0.2, 0) is 10.5 Å². The number of hydrogen-bond acceptors (Lipinski definition) is 4. The minimum Gasteiger partial charge on any atom is -0.442 e. The van der Waals surface area contributed by atoms with Crippen LogP contribution >= 0.6 is 15.9 Å². The fourth-order valence-electron chi connectivity index (χ4n) is 2.06. The number of ether oxygens (including phenoxy) is 1. The van der Waals surface area contributed by atoms with E-state index in [1.54, 1.807) is 45.9 Å². The number of nitrogens with one attached hydrogen (secondary N) is 1. The van der Waals surface area contributed by atoms with Crippen molar-refractivity contribution >= 4 is 22.0 Å². The van der Waals surface area contributed by atoms with Crippen molar-refractivity contribution in [1.82, 2.24) is 10.4 Å². The Balaban J connectivity index is 2.34. The number of carbonyl (C=O) groups excluding carboxylic acids is 1. The van der Waals surface area contributed by atoms with Gasteiger partial charge in [-0.25, -0.2) is 4.79 Å². The van der Waals surface area contributed by atoms with E-state index < -0.39 is 17.4 Å². The molecular weight excluding hydrogens is 336 g/mol. The predicted octanol–water partition coefficient (Wildman–Crippen LogP) is 3.25. The van der Waals surface area contributed by atoms with Gasteiger partial charge >= 0.3 is 6.09 Å². The van der Waals surface area contributed by atoms with Gasteiger partial charge in [-0.2, -0.15) is 5.01 Å². The van der Waals surface area contributed by atoms with Crippen LogP contribution in [0.15, 0.2) is 40.5 Å². The third-order valence-electron chi connectivity index (χ3n) is 2.89. The number of amides is 1. The second-order valence-corrected chi connectivity index (χ2v) is 6.90. The van der Waals surface area contributed by atoms with Crippen LogP contribution in [0, 0.1) is 0 Å². The van der Waals surface area contributed by atoms with Crippen molar-refractivity contribution in [2.75, 3.05) is 0 Å². The van der Waals surface area contributed by atoms with Crippen molar-refractivity contribution in [2.24, 2.45) is 0 Å². The van der Waals surface area contributed by atoms with Gasteiger partial charge in [-0.15, -0.1) is 0 Å². The molecule has 1 heterocycles. The van der Waals surface area contributed by atoms with Crippen LogP contribution in [0.25, 0.3) is 0 Å². The summed E-state index contributed by atoms with van der Waals surface area (Å²) >= 11 is 3.35. The van der Waals surface area contributed by atoms with Gasteiger partial charge in [0.05, 0.1) is 0 Å². The van der Waals surface area contributed by atoms with E-state index in [4.69, 9.17) is 4.74 Å². The monoisotopic (exact) mass is 354 g/mol. The van der Waals surface area contributed by atoms with Gasteiger partial charge in [0.2, 0.25) is 5.72 Å². The van der Waals surface area contributed by atoms with Gasteiger partial charge < -0.3 is 9.84 Å². The number of rotatable bonds is 1. The van der Waals surface area contributed by atoms with E-state index in [1.807, 2.05) is 12.1 Å². The first kappa shape index (κ1) is 15.9. The highest BCUT2D eigenvalue weighted by molar-refractivity contribution is 9.10. The first-order valence-corrected chi connectivity index (χ1v) is 7.39. The van der Waals surface area contributed by atoms with E-state index in [2.05, 4.69) is 21.4 Å². The highest BCUT2D eigenvalue weighted by Gasteiger charge is 2.44. The summed E-state index contributed by atoms with van der Waals surface area (Å²) in [5.41, 5.74) is 1.86. The molecule has 0 aromatic heterocycles. The third kappa shape index (κ3) is 3.39.